The van der Waals surface area contributed by atoms with Gasteiger partial charge in [0.05, 0.1) is 13.2 Å². The summed E-state index contributed by atoms with van der Waals surface area (Å²) in [4.78, 5) is 15.6. The minimum absolute atomic E-state index is 0.424. The molecule has 0 aliphatic heterocycles. The number of aliphatic imine (C=N–C) groups is 1. The van der Waals surface area contributed by atoms with Crippen LogP contribution in [0, 0.1) is 0 Å². The Hall–Kier alpha value is -2.28. The molecular weight excluding hydrogens is 320 g/mol. The molecule has 0 heterocycles. The van der Waals surface area contributed by atoms with E-state index in [1.54, 1.807) is 7.05 Å². The predicted molar refractivity (Wildman–Crippen MR) is 99.7 cm³/mol. The molecular formula is C18H30N4O3. The smallest absolute Gasteiger partial charge is 0.407 e. The van der Waals surface area contributed by atoms with Crippen LogP contribution < -0.4 is 16.0 Å². The third kappa shape index (κ3) is 11.0. The molecule has 0 fully saturated rings. The SMILES string of the molecule is CN=C(NCCNC(=O)OC(C)(C)C)NCCOCc1ccccc1. The lowest BCUT2D eigenvalue weighted by Gasteiger charge is -2.19. The molecule has 1 aromatic carbocycles. The van der Waals surface area contributed by atoms with E-state index in [0.717, 1.165) is 5.56 Å². The lowest BCUT2D eigenvalue weighted by Crippen LogP contribution is -2.43. The van der Waals surface area contributed by atoms with Crippen molar-refractivity contribution in [2.75, 3.05) is 33.3 Å². The Balaban J connectivity index is 2.07. The predicted octanol–water partition coefficient (Wildman–Crippen LogP) is 1.89. The molecule has 0 aromatic heterocycles. The summed E-state index contributed by atoms with van der Waals surface area (Å²) < 4.78 is 10.8. The van der Waals surface area contributed by atoms with Crippen molar-refractivity contribution < 1.29 is 14.3 Å². The highest BCUT2D eigenvalue weighted by Crippen LogP contribution is 2.05. The van der Waals surface area contributed by atoms with E-state index in [4.69, 9.17) is 9.47 Å². The highest BCUT2D eigenvalue weighted by molar-refractivity contribution is 5.79. The zero-order valence-corrected chi connectivity index (χ0v) is 15.6. The molecule has 0 saturated carbocycles. The zero-order chi connectivity index (χ0) is 18.5. The largest absolute Gasteiger partial charge is 0.444 e. The average Bonchev–Trinajstić information content (AvgIpc) is 2.55. The third-order valence-electron chi connectivity index (χ3n) is 2.96. The molecule has 140 valence electrons. The van der Waals surface area contributed by atoms with E-state index in [-0.39, 0.29) is 0 Å². The Bertz CT molecular complexity index is 527. The summed E-state index contributed by atoms with van der Waals surface area (Å²) >= 11 is 0. The Kier molecular flexibility index (Phi) is 9.39. The summed E-state index contributed by atoms with van der Waals surface area (Å²) in [6, 6.07) is 10.0. The molecule has 1 amide bonds. The van der Waals surface area contributed by atoms with Crippen molar-refractivity contribution in [2.45, 2.75) is 33.0 Å². The number of benzene rings is 1. The van der Waals surface area contributed by atoms with E-state index < -0.39 is 11.7 Å². The van der Waals surface area contributed by atoms with Gasteiger partial charge < -0.3 is 25.4 Å². The van der Waals surface area contributed by atoms with E-state index >= 15 is 0 Å². The van der Waals surface area contributed by atoms with Gasteiger partial charge in [-0.1, -0.05) is 30.3 Å². The Morgan fingerprint density at radius 3 is 2.32 bits per heavy atom. The molecule has 7 nitrogen and oxygen atoms in total. The average molecular weight is 350 g/mol. The summed E-state index contributed by atoms with van der Waals surface area (Å²) in [6.07, 6.45) is -0.424. The number of nitrogens with zero attached hydrogens (tertiary/aromatic N) is 1. The van der Waals surface area contributed by atoms with E-state index in [1.165, 1.54) is 0 Å². The number of guanidine groups is 1. The maximum atomic E-state index is 11.5. The normalized spacial score (nSPS) is 11.8. The van der Waals surface area contributed by atoms with Gasteiger partial charge in [-0.05, 0) is 26.3 Å². The Labute approximate surface area is 150 Å². The van der Waals surface area contributed by atoms with Gasteiger partial charge in [0.15, 0.2) is 5.96 Å². The van der Waals surface area contributed by atoms with Gasteiger partial charge in [-0.2, -0.15) is 0 Å². The number of alkyl carbamates (subject to hydrolysis) is 1. The van der Waals surface area contributed by atoms with Gasteiger partial charge in [0.25, 0.3) is 0 Å². The highest BCUT2D eigenvalue weighted by Gasteiger charge is 2.15. The van der Waals surface area contributed by atoms with Gasteiger partial charge in [0.2, 0.25) is 0 Å². The summed E-state index contributed by atoms with van der Waals surface area (Å²) in [6.45, 7) is 8.29. The number of nitrogens with one attached hydrogen (secondary N) is 3. The van der Waals surface area contributed by atoms with E-state index in [1.807, 2.05) is 51.1 Å². The lowest BCUT2D eigenvalue weighted by atomic mass is 10.2. The first kappa shape index (κ1) is 20.8. The summed E-state index contributed by atoms with van der Waals surface area (Å²) in [5, 5.41) is 8.94. The second kappa shape index (κ2) is 11.3. The fourth-order valence-corrected chi connectivity index (χ4v) is 1.89. The molecule has 0 aliphatic carbocycles. The second-order valence-corrected chi connectivity index (χ2v) is 6.39. The Morgan fingerprint density at radius 1 is 1.04 bits per heavy atom. The topological polar surface area (TPSA) is 84.0 Å². The van der Waals surface area contributed by atoms with Crippen molar-refractivity contribution in [3.05, 3.63) is 35.9 Å². The van der Waals surface area contributed by atoms with Crippen LogP contribution in [0.3, 0.4) is 0 Å². The van der Waals surface area contributed by atoms with Gasteiger partial charge in [-0.3, -0.25) is 4.99 Å². The van der Waals surface area contributed by atoms with Gasteiger partial charge >= 0.3 is 6.09 Å². The number of hydrogen-bond donors (Lipinski definition) is 3. The number of ether oxygens (including phenoxy) is 2. The van der Waals surface area contributed by atoms with E-state index in [9.17, 15) is 4.79 Å². The van der Waals surface area contributed by atoms with Crippen LogP contribution in [0.1, 0.15) is 26.3 Å². The maximum absolute atomic E-state index is 11.5. The lowest BCUT2D eigenvalue weighted by molar-refractivity contribution is 0.0529. The van der Waals surface area contributed by atoms with Crippen molar-refractivity contribution in [2.24, 2.45) is 4.99 Å². The van der Waals surface area contributed by atoms with Crippen LogP contribution >= 0.6 is 0 Å². The number of carbonyl (C=O) groups is 1. The molecule has 0 radical (unpaired) electrons. The monoisotopic (exact) mass is 350 g/mol. The molecule has 0 unspecified atom stereocenters. The number of amides is 1. The van der Waals surface area contributed by atoms with Crippen molar-refractivity contribution >= 4 is 12.1 Å². The van der Waals surface area contributed by atoms with Crippen molar-refractivity contribution in [3.63, 3.8) is 0 Å². The van der Waals surface area contributed by atoms with Crippen LogP contribution in [-0.4, -0.2) is 50.9 Å². The molecule has 7 heteroatoms. The van der Waals surface area contributed by atoms with Crippen LogP contribution in [0.4, 0.5) is 4.79 Å². The maximum Gasteiger partial charge on any atom is 0.407 e. The molecule has 0 saturated heterocycles. The summed E-state index contributed by atoms with van der Waals surface area (Å²) in [7, 11) is 1.70. The first-order valence-corrected chi connectivity index (χ1v) is 8.44. The number of carbonyl (C=O) groups excluding carboxylic acids is 1. The minimum atomic E-state index is -0.491. The number of hydrogen-bond acceptors (Lipinski definition) is 4. The minimum Gasteiger partial charge on any atom is -0.444 e. The van der Waals surface area contributed by atoms with Crippen LogP contribution in [0.5, 0.6) is 0 Å². The highest BCUT2D eigenvalue weighted by atomic mass is 16.6. The quantitative estimate of drug-likeness (QED) is 0.379. The molecule has 1 aromatic rings. The number of rotatable bonds is 8. The van der Waals surface area contributed by atoms with Gasteiger partial charge in [0, 0.05) is 26.7 Å². The van der Waals surface area contributed by atoms with Gasteiger partial charge in [0.1, 0.15) is 5.60 Å². The standard InChI is InChI=1S/C18H30N4O3/c1-18(2,3)25-17(23)22-11-10-20-16(19-4)21-12-13-24-14-15-8-6-5-7-9-15/h5-9H,10-14H2,1-4H3,(H,22,23)(H2,19,20,21). The fourth-order valence-electron chi connectivity index (χ4n) is 1.89. The molecule has 0 aliphatic rings. The molecule has 3 N–H and O–H groups in total. The van der Waals surface area contributed by atoms with Crippen molar-refractivity contribution in [1.82, 2.24) is 16.0 Å². The van der Waals surface area contributed by atoms with E-state index in [0.29, 0.717) is 38.8 Å². The van der Waals surface area contributed by atoms with Crippen molar-refractivity contribution in [3.8, 4) is 0 Å². The first-order valence-electron chi connectivity index (χ1n) is 8.44. The van der Waals surface area contributed by atoms with Gasteiger partial charge in [-0.15, -0.1) is 0 Å². The fraction of sp³-hybridized carbons (Fsp3) is 0.556. The third-order valence-corrected chi connectivity index (χ3v) is 2.96. The molecule has 25 heavy (non-hydrogen) atoms. The van der Waals surface area contributed by atoms with Crippen molar-refractivity contribution in [1.29, 1.82) is 0 Å². The van der Waals surface area contributed by atoms with E-state index in [2.05, 4.69) is 20.9 Å². The molecule has 0 spiro atoms. The second-order valence-electron chi connectivity index (χ2n) is 6.39. The molecule has 0 bridgehead atoms. The van der Waals surface area contributed by atoms with Crippen LogP contribution in [-0.2, 0) is 16.1 Å². The summed E-state index contributed by atoms with van der Waals surface area (Å²) in [5.41, 5.74) is 0.660. The van der Waals surface area contributed by atoms with Gasteiger partial charge in [-0.25, -0.2) is 4.79 Å². The first-order chi connectivity index (χ1) is 11.9. The van der Waals surface area contributed by atoms with Crippen LogP contribution in [0.15, 0.2) is 35.3 Å². The zero-order valence-electron chi connectivity index (χ0n) is 15.6. The molecule has 0 atom stereocenters. The summed E-state index contributed by atoms with van der Waals surface area (Å²) in [5.74, 6) is 0.661. The Morgan fingerprint density at radius 2 is 1.68 bits per heavy atom. The molecule has 1 rings (SSSR count). The van der Waals surface area contributed by atoms with Crippen LogP contribution in [0.2, 0.25) is 0 Å². The van der Waals surface area contributed by atoms with Crippen LogP contribution in [0.25, 0.3) is 0 Å².